The summed E-state index contributed by atoms with van der Waals surface area (Å²) in [6, 6.07) is 8.62. The molecule has 1 atom stereocenters. The maximum absolute atomic E-state index is 11.9. The summed E-state index contributed by atoms with van der Waals surface area (Å²) in [5.41, 5.74) is 1.00. The van der Waals surface area contributed by atoms with Crippen LogP contribution in [0.25, 0.3) is 0 Å². The summed E-state index contributed by atoms with van der Waals surface area (Å²) in [7, 11) is 3.22. The van der Waals surface area contributed by atoms with Gasteiger partial charge in [-0.2, -0.15) is 0 Å². The molecule has 0 spiro atoms. The first-order chi connectivity index (χ1) is 9.06. The van der Waals surface area contributed by atoms with Gasteiger partial charge < -0.3 is 9.64 Å². The SMILES string of the molecule is CCOC(=O)C(NCc1ccccc1)C(=O)N(C)C. The van der Waals surface area contributed by atoms with Gasteiger partial charge in [-0.25, -0.2) is 4.79 Å². The lowest BCUT2D eigenvalue weighted by Crippen LogP contribution is -2.49. The summed E-state index contributed by atoms with van der Waals surface area (Å²) in [6.45, 7) is 2.40. The predicted octanol–water partition coefficient (Wildman–Crippen LogP) is 0.796. The van der Waals surface area contributed by atoms with Crippen LogP contribution in [0.5, 0.6) is 0 Å². The average Bonchev–Trinajstić information content (AvgIpc) is 2.40. The monoisotopic (exact) mass is 264 g/mol. The van der Waals surface area contributed by atoms with Gasteiger partial charge in [0.25, 0.3) is 5.91 Å². The van der Waals surface area contributed by atoms with E-state index in [1.165, 1.54) is 4.90 Å². The maximum Gasteiger partial charge on any atom is 0.332 e. The van der Waals surface area contributed by atoms with Crippen LogP contribution in [0.1, 0.15) is 12.5 Å². The molecule has 0 fully saturated rings. The third-order valence-electron chi connectivity index (χ3n) is 2.56. The van der Waals surface area contributed by atoms with Gasteiger partial charge in [0.15, 0.2) is 6.04 Å². The zero-order valence-electron chi connectivity index (χ0n) is 11.6. The highest BCUT2D eigenvalue weighted by molar-refractivity contribution is 6.01. The van der Waals surface area contributed by atoms with E-state index >= 15 is 0 Å². The van der Waals surface area contributed by atoms with Crippen molar-refractivity contribution in [2.45, 2.75) is 19.5 Å². The fourth-order valence-corrected chi connectivity index (χ4v) is 1.57. The molecular formula is C14H20N2O3. The maximum atomic E-state index is 11.9. The van der Waals surface area contributed by atoms with Gasteiger partial charge in [0.2, 0.25) is 0 Å². The molecule has 104 valence electrons. The van der Waals surface area contributed by atoms with E-state index < -0.39 is 12.0 Å². The molecule has 0 aromatic heterocycles. The van der Waals surface area contributed by atoms with E-state index in [2.05, 4.69) is 5.32 Å². The molecule has 0 heterocycles. The van der Waals surface area contributed by atoms with Crippen molar-refractivity contribution in [1.82, 2.24) is 10.2 Å². The number of hydrogen-bond donors (Lipinski definition) is 1. The summed E-state index contributed by atoms with van der Waals surface area (Å²) in [4.78, 5) is 25.1. The van der Waals surface area contributed by atoms with Crippen LogP contribution in [0.15, 0.2) is 30.3 Å². The number of hydrogen-bond acceptors (Lipinski definition) is 4. The predicted molar refractivity (Wildman–Crippen MR) is 72.4 cm³/mol. The van der Waals surface area contributed by atoms with Crippen molar-refractivity contribution in [3.05, 3.63) is 35.9 Å². The molecule has 0 aliphatic carbocycles. The molecule has 0 bridgehead atoms. The molecule has 1 aromatic rings. The van der Waals surface area contributed by atoms with Crippen LogP contribution in [-0.2, 0) is 20.9 Å². The number of amides is 1. The van der Waals surface area contributed by atoms with E-state index in [0.717, 1.165) is 5.56 Å². The van der Waals surface area contributed by atoms with Crippen LogP contribution in [0.4, 0.5) is 0 Å². The van der Waals surface area contributed by atoms with E-state index in [9.17, 15) is 9.59 Å². The lowest BCUT2D eigenvalue weighted by Gasteiger charge is -2.20. The topological polar surface area (TPSA) is 58.6 Å². The smallest absolute Gasteiger partial charge is 0.332 e. The third kappa shape index (κ3) is 4.71. The molecule has 0 aliphatic rings. The Kier molecular flexibility index (Phi) is 6.02. The summed E-state index contributed by atoms with van der Waals surface area (Å²) in [6.07, 6.45) is 0. The lowest BCUT2D eigenvalue weighted by molar-refractivity contribution is -0.151. The number of likely N-dealkylation sites (N-methyl/N-ethyl adjacent to an activating group) is 1. The van der Waals surface area contributed by atoms with Gasteiger partial charge in [0.1, 0.15) is 0 Å². The number of benzene rings is 1. The van der Waals surface area contributed by atoms with Gasteiger partial charge >= 0.3 is 5.97 Å². The summed E-state index contributed by atoms with van der Waals surface area (Å²) in [5.74, 6) is -0.855. The van der Waals surface area contributed by atoms with Crippen molar-refractivity contribution in [3.8, 4) is 0 Å². The highest BCUT2D eigenvalue weighted by atomic mass is 16.5. The van der Waals surface area contributed by atoms with Gasteiger partial charge in [0.05, 0.1) is 6.61 Å². The minimum Gasteiger partial charge on any atom is -0.464 e. The molecule has 1 unspecified atom stereocenters. The Morgan fingerprint density at radius 2 is 1.89 bits per heavy atom. The van der Waals surface area contributed by atoms with Gasteiger partial charge in [0, 0.05) is 20.6 Å². The number of nitrogens with zero attached hydrogens (tertiary/aromatic N) is 1. The highest BCUT2D eigenvalue weighted by Gasteiger charge is 2.28. The fourth-order valence-electron chi connectivity index (χ4n) is 1.57. The molecule has 19 heavy (non-hydrogen) atoms. The average molecular weight is 264 g/mol. The minimum absolute atomic E-state index is 0.253. The largest absolute Gasteiger partial charge is 0.464 e. The van der Waals surface area contributed by atoms with Crippen LogP contribution in [0, 0.1) is 0 Å². The van der Waals surface area contributed by atoms with Crippen LogP contribution in [-0.4, -0.2) is 43.5 Å². The molecule has 5 nitrogen and oxygen atoms in total. The number of carbonyl (C=O) groups excluding carboxylic acids is 2. The Labute approximate surface area is 113 Å². The van der Waals surface area contributed by atoms with Crippen LogP contribution < -0.4 is 5.32 Å². The van der Waals surface area contributed by atoms with Gasteiger partial charge in [-0.3, -0.25) is 10.1 Å². The Bertz CT molecular complexity index is 418. The van der Waals surface area contributed by atoms with E-state index in [4.69, 9.17) is 4.74 Å². The minimum atomic E-state index is -0.963. The Morgan fingerprint density at radius 3 is 2.42 bits per heavy atom. The van der Waals surface area contributed by atoms with Crippen molar-refractivity contribution >= 4 is 11.9 Å². The van der Waals surface area contributed by atoms with E-state index in [1.54, 1.807) is 21.0 Å². The Balaban J connectivity index is 2.69. The summed E-state index contributed by atoms with van der Waals surface area (Å²) in [5, 5.41) is 2.94. The van der Waals surface area contributed by atoms with Crippen molar-refractivity contribution in [2.75, 3.05) is 20.7 Å². The first-order valence-corrected chi connectivity index (χ1v) is 6.21. The zero-order valence-corrected chi connectivity index (χ0v) is 11.6. The van der Waals surface area contributed by atoms with Crippen molar-refractivity contribution in [3.63, 3.8) is 0 Å². The number of ether oxygens (including phenoxy) is 1. The molecule has 1 N–H and O–H groups in total. The number of carbonyl (C=O) groups is 2. The Morgan fingerprint density at radius 1 is 1.26 bits per heavy atom. The Hall–Kier alpha value is -1.88. The molecule has 1 aromatic carbocycles. The van der Waals surface area contributed by atoms with E-state index in [0.29, 0.717) is 6.54 Å². The quantitative estimate of drug-likeness (QED) is 0.610. The number of nitrogens with one attached hydrogen (secondary N) is 1. The second kappa shape index (κ2) is 7.53. The fraction of sp³-hybridized carbons (Fsp3) is 0.429. The van der Waals surface area contributed by atoms with Gasteiger partial charge in [-0.1, -0.05) is 30.3 Å². The number of esters is 1. The molecule has 5 heteroatoms. The van der Waals surface area contributed by atoms with Crippen molar-refractivity contribution < 1.29 is 14.3 Å². The third-order valence-corrected chi connectivity index (χ3v) is 2.56. The first-order valence-electron chi connectivity index (χ1n) is 6.21. The van der Waals surface area contributed by atoms with Crippen molar-refractivity contribution in [2.24, 2.45) is 0 Å². The summed E-state index contributed by atoms with van der Waals surface area (Å²) >= 11 is 0. The molecule has 1 amide bonds. The van der Waals surface area contributed by atoms with E-state index in [-0.39, 0.29) is 12.5 Å². The number of rotatable bonds is 6. The standard InChI is InChI=1S/C14H20N2O3/c1-4-19-14(18)12(13(17)16(2)3)15-10-11-8-6-5-7-9-11/h5-9,12,15H,4,10H2,1-3H3. The van der Waals surface area contributed by atoms with Gasteiger partial charge in [-0.05, 0) is 12.5 Å². The second-order valence-electron chi connectivity index (χ2n) is 4.28. The van der Waals surface area contributed by atoms with E-state index in [1.807, 2.05) is 30.3 Å². The highest BCUT2D eigenvalue weighted by Crippen LogP contribution is 2.01. The molecule has 0 saturated heterocycles. The molecule has 1 rings (SSSR count). The molecule has 0 saturated carbocycles. The lowest BCUT2D eigenvalue weighted by atomic mass is 10.2. The van der Waals surface area contributed by atoms with Gasteiger partial charge in [-0.15, -0.1) is 0 Å². The second-order valence-corrected chi connectivity index (χ2v) is 4.28. The van der Waals surface area contributed by atoms with Crippen LogP contribution >= 0.6 is 0 Å². The molecule has 0 radical (unpaired) electrons. The molecular weight excluding hydrogens is 244 g/mol. The summed E-state index contributed by atoms with van der Waals surface area (Å²) < 4.78 is 4.91. The van der Waals surface area contributed by atoms with Crippen molar-refractivity contribution in [1.29, 1.82) is 0 Å². The first kappa shape index (κ1) is 15.2. The molecule has 0 aliphatic heterocycles. The zero-order chi connectivity index (χ0) is 14.3. The van der Waals surface area contributed by atoms with Crippen LogP contribution in [0.3, 0.4) is 0 Å². The van der Waals surface area contributed by atoms with Crippen LogP contribution in [0.2, 0.25) is 0 Å². The normalized spacial score (nSPS) is 11.7.